The Kier molecular flexibility index (Phi) is 3.10. The van der Waals surface area contributed by atoms with Crippen LogP contribution in [0.5, 0.6) is 5.75 Å². The van der Waals surface area contributed by atoms with Crippen molar-refractivity contribution in [2.75, 3.05) is 20.3 Å². The summed E-state index contributed by atoms with van der Waals surface area (Å²) in [5.74, 6) is 0.713. The largest absolute Gasteiger partial charge is 0.497 e. The van der Waals surface area contributed by atoms with E-state index in [0.717, 1.165) is 5.56 Å². The first kappa shape index (κ1) is 12.7. The van der Waals surface area contributed by atoms with Crippen LogP contribution in [0.3, 0.4) is 0 Å². The highest BCUT2D eigenvalue weighted by Crippen LogP contribution is 2.45. The topological polar surface area (TPSA) is 38.7 Å². The minimum atomic E-state index is -0.872. The van der Waals surface area contributed by atoms with E-state index in [1.165, 1.54) is 0 Å². The Morgan fingerprint density at radius 3 is 2.41 bits per heavy atom. The van der Waals surface area contributed by atoms with Gasteiger partial charge in [0.2, 0.25) is 0 Å². The van der Waals surface area contributed by atoms with Crippen LogP contribution in [0.25, 0.3) is 0 Å². The number of hydrogen-bond donors (Lipinski definition) is 1. The predicted molar refractivity (Wildman–Crippen MR) is 66.8 cm³/mol. The third-order valence-corrected chi connectivity index (χ3v) is 3.87. The number of rotatable bonds is 3. The van der Waals surface area contributed by atoms with Crippen molar-refractivity contribution >= 4 is 11.6 Å². The average molecular weight is 257 g/mol. The molecule has 0 aliphatic carbocycles. The van der Waals surface area contributed by atoms with Crippen molar-refractivity contribution in [1.82, 2.24) is 0 Å². The van der Waals surface area contributed by atoms with Crippen LogP contribution in [0.2, 0.25) is 5.02 Å². The van der Waals surface area contributed by atoms with Gasteiger partial charge in [0, 0.05) is 5.02 Å². The van der Waals surface area contributed by atoms with E-state index in [1.54, 1.807) is 27.0 Å². The van der Waals surface area contributed by atoms with Crippen LogP contribution in [-0.4, -0.2) is 31.0 Å². The summed E-state index contributed by atoms with van der Waals surface area (Å²) in [4.78, 5) is 0. The van der Waals surface area contributed by atoms with Gasteiger partial charge in [-0.15, -0.1) is 0 Å². The average Bonchev–Trinajstić information content (AvgIpc) is 2.16. The lowest BCUT2D eigenvalue weighted by molar-refractivity contribution is -0.157. The molecule has 1 aliphatic heterocycles. The van der Waals surface area contributed by atoms with Crippen LogP contribution >= 0.6 is 11.6 Å². The highest BCUT2D eigenvalue weighted by molar-refractivity contribution is 6.31. The summed E-state index contributed by atoms with van der Waals surface area (Å²) >= 11 is 6.26. The van der Waals surface area contributed by atoms with E-state index in [9.17, 15) is 5.11 Å². The lowest BCUT2D eigenvalue weighted by Gasteiger charge is -2.50. The van der Waals surface area contributed by atoms with Crippen LogP contribution in [0.15, 0.2) is 18.2 Å². The standard InChI is InChI=1S/C13H17ClO3/c1-12(2,15)13(7-17-8-13)10-5-4-9(16-3)6-11(10)14/h4-6,15H,7-8H2,1-3H3. The van der Waals surface area contributed by atoms with Crippen LogP contribution in [0, 0.1) is 0 Å². The van der Waals surface area contributed by atoms with Crippen LogP contribution in [0.1, 0.15) is 19.4 Å². The Labute approximate surface area is 106 Å². The van der Waals surface area contributed by atoms with Crippen molar-refractivity contribution < 1.29 is 14.6 Å². The fourth-order valence-corrected chi connectivity index (χ4v) is 2.51. The van der Waals surface area contributed by atoms with E-state index in [1.807, 2.05) is 12.1 Å². The summed E-state index contributed by atoms with van der Waals surface area (Å²) in [7, 11) is 1.60. The molecule has 0 spiro atoms. The number of methoxy groups -OCH3 is 1. The van der Waals surface area contributed by atoms with Gasteiger partial charge in [-0.2, -0.15) is 0 Å². The molecule has 2 rings (SSSR count). The number of aliphatic hydroxyl groups is 1. The molecule has 0 amide bonds. The van der Waals surface area contributed by atoms with Gasteiger partial charge >= 0.3 is 0 Å². The van der Waals surface area contributed by atoms with Gasteiger partial charge in [-0.3, -0.25) is 0 Å². The van der Waals surface area contributed by atoms with Gasteiger partial charge in [0.1, 0.15) is 5.75 Å². The molecule has 1 saturated heterocycles. The number of ether oxygens (including phenoxy) is 2. The second-order valence-electron chi connectivity index (χ2n) is 4.98. The molecule has 1 aromatic carbocycles. The lowest BCUT2D eigenvalue weighted by atomic mass is 9.67. The van der Waals surface area contributed by atoms with Crippen molar-refractivity contribution in [3.8, 4) is 5.75 Å². The quantitative estimate of drug-likeness (QED) is 0.903. The van der Waals surface area contributed by atoms with E-state index in [4.69, 9.17) is 21.1 Å². The monoisotopic (exact) mass is 256 g/mol. The second kappa shape index (κ2) is 4.16. The Morgan fingerprint density at radius 1 is 1.41 bits per heavy atom. The van der Waals surface area contributed by atoms with Gasteiger partial charge in [0.05, 0.1) is 31.3 Å². The molecule has 1 aromatic rings. The molecule has 3 nitrogen and oxygen atoms in total. The molecule has 1 aliphatic rings. The van der Waals surface area contributed by atoms with E-state index < -0.39 is 11.0 Å². The lowest BCUT2D eigenvalue weighted by Crippen LogP contribution is -2.60. The van der Waals surface area contributed by atoms with E-state index in [2.05, 4.69) is 0 Å². The van der Waals surface area contributed by atoms with E-state index in [0.29, 0.717) is 24.0 Å². The minimum Gasteiger partial charge on any atom is -0.497 e. The molecule has 0 atom stereocenters. The molecule has 0 aromatic heterocycles. The van der Waals surface area contributed by atoms with Gasteiger partial charge in [-0.05, 0) is 31.5 Å². The summed E-state index contributed by atoms with van der Waals surface area (Å²) in [5.41, 5.74) is -0.376. The third kappa shape index (κ3) is 1.92. The smallest absolute Gasteiger partial charge is 0.120 e. The first-order valence-electron chi connectivity index (χ1n) is 5.55. The highest BCUT2D eigenvalue weighted by Gasteiger charge is 2.52. The van der Waals surface area contributed by atoms with Crippen molar-refractivity contribution in [2.24, 2.45) is 0 Å². The normalized spacial score (nSPS) is 18.6. The molecular weight excluding hydrogens is 240 g/mol. The Balaban J connectivity index is 2.45. The predicted octanol–water partition coefficient (Wildman–Crippen LogP) is 2.39. The number of benzene rings is 1. The highest BCUT2D eigenvalue weighted by atomic mass is 35.5. The maximum absolute atomic E-state index is 10.3. The first-order valence-corrected chi connectivity index (χ1v) is 5.93. The number of hydrogen-bond acceptors (Lipinski definition) is 3. The zero-order valence-electron chi connectivity index (χ0n) is 10.3. The zero-order chi connectivity index (χ0) is 12.7. The Morgan fingerprint density at radius 2 is 2.06 bits per heavy atom. The molecule has 0 saturated carbocycles. The van der Waals surface area contributed by atoms with Gasteiger partial charge < -0.3 is 14.6 Å². The minimum absolute atomic E-state index is 0.420. The molecule has 1 heterocycles. The van der Waals surface area contributed by atoms with Gasteiger partial charge in [-0.25, -0.2) is 0 Å². The van der Waals surface area contributed by atoms with Crippen LogP contribution < -0.4 is 4.74 Å². The SMILES string of the molecule is COc1ccc(C2(C(C)(C)O)COC2)c(Cl)c1. The van der Waals surface area contributed by atoms with Crippen LogP contribution in [0.4, 0.5) is 0 Å². The van der Waals surface area contributed by atoms with E-state index >= 15 is 0 Å². The zero-order valence-corrected chi connectivity index (χ0v) is 11.0. The molecule has 94 valence electrons. The molecule has 0 unspecified atom stereocenters. The van der Waals surface area contributed by atoms with E-state index in [-0.39, 0.29) is 0 Å². The molecule has 4 heteroatoms. The Hall–Kier alpha value is -0.770. The Bertz CT molecular complexity index is 419. The molecular formula is C13H17ClO3. The summed E-state index contributed by atoms with van der Waals surface area (Å²) < 4.78 is 10.4. The van der Waals surface area contributed by atoms with Gasteiger partial charge in [-0.1, -0.05) is 17.7 Å². The van der Waals surface area contributed by atoms with Crippen molar-refractivity contribution in [2.45, 2.75) is 24.9 Å². The van der Waals surface area contributed by atoms with Gasteiger partial charge in [0.25, 0.3) is 0 Å². The fourth-order valence-electron chi connectivity index (χ4n) is 2.16. The van der Waals surface area contributed by atoms with Crippen LogP contribution in [-0.2, 0) is 10.2 Å². The third-order valence-electron chi connectivity index (χ3n) is 3.56. The molecule has 0 bridgehead atoms. The summed E-state index contributed by atoms with van der Waals surface area (Å²) in [6, 6.07) is 5.53. The van der Waals surface area contributed by atoms with Crippen molar-refractivity contribution in [3.05, 3.63) is 28.8 Å². The summed E-state index contributed by atoms with van der Waals surface area (Å²) in [5, 5.41) is 10.9. The van der Waals surface area contributed by atoms with Crippen molar-refractivity contribution in [3.63, 3.8) is 0 Å². The fraction of sp³-hybridized carbons (Fsp3) is 0.538. The number of halogens is 1. The summed E-state index contributed by atoms with van der Waals surface area (Å²) in [6.07, 6.45) is 0. The molecule has 0 radical (unpaired) electrons. The summed E-state index contributed by atoms with van der Waals surface area (Å²) in [6.45, 7) is 4.55. The van der Waals surface area contributed by atoms with Gasteiger partial charge in [0.15, 0.2) is 0 Å². The first-order chi connectivity index (χ1) is 7.90. The molecule has 1 N–H and O–H groups in total. The maximum atomic E-state index is 10.3. The second-order valence-corrected chi connectivity index (χ2v) is 5.39. The van der Waals surface area contributed by atoms with Crippen molar-refractivity contribution in [1.29, 1.82) is 0 Å². The molecule has 1 fully saturated rings. The maximum Gasteiger partial charge on any atom is 0.120 e. The molecule has 17 heavy (non-hydrogen) atoms.